The van der Waals surface area contributed by atoms with Gasteiger partial charge in [-0.25, -0.2) is 10.2 Å². The van der Waals surface area contributed by atoms with Crippen LogP contribution >= 0.6 is 0 Å². The standard InChI is InChI=1S/C19H16N4O2/c1-13-7-9-14(10-8-13)12-20-23-18(24)17-11-16(21-19(25)22-17)15-5-3-2-4-6-15/h2-12H,1H3,(H,23,24)(H,21,22,25)/b20-12+. The molecule has 0 unspecified atom stereocenters. The smallest absolute Gasteiger partial charge is 0.301 e. The summed E-state index contributed by atoms with van der Waals surface area (Å²) in [4.78, 5) is 30.2. The minimum Gasteiger partial charge on any atom is -0.301 e. The van der Waals surface area contributed by atoms with Crippen molar-refractivity contribution in [3.05, 3.63) is 88.0 Å². The van der Waals surface area contributed by atoms with E-state index in [9.17, 15) is 9.59 Å². The molecule has 6 heteroatoms. The molecule has 124 valence electrons. The summed E-state index contributed by atoms with van der Waals surface area (Å²) in [7, 11) is 0. The number of aromatic nitrogens is 2. The number of amides is 1. The summed E-state index contributed by atoms with van der Waals surface area (Å²) in [5, 5.41) is 3.91. The number of nitrogens with zero attached hydrogens (tertiary/aromatic N) is 2. The molecule has 0 fully saturated rings. The Labute approximate surface area is 144 Å². The van der Waals surface area contributed by atoms with Gasteiger partial charge in [-0.1, -0.05) is 60.2 Å². The minimum absolute atomic E-state index is 0.0971. The number of carbonyl (C=O) groups is 1. The van der Waals surface area contributed by atoms with Crippen molar-refractivity contribution in [2.45, 2.75) is 6.92 Å². The Morgan fingerprint density at radius 1 is 1.12 bits per heavy atom. The molecule has 0 spiro atoms. The van der Waals surface area contributed by atoms with E-state index in [1.54, 1.807) is 0 Å². The van der Waals surface area contributed by atoms with Crippen LogP contribution in [0.4, 0.5) is 0 Å². The molecule has 2 aromatic carbocycles. The summed E-state index contributed by atoms with van der Waals surface area (Å²) in [6.45, 7) is 1.99. The fourth-order valence-corrected chi connectivity index (χ4v) is 2.21. The SMILES string of the molecule is Cc1ccc(/C=N/NC(=O)c2cc(-c3ccccc3)nc(=O)[nH]2)cc1. The molecule has 1 amide bonds. The maximum absolute atomic E-state index is 12.2. The average Bonchev–Trinajstić information content (AvgIpc) is 2.63. The van der Waals surface area contributed by atoms with Crippen molar-refractivity contribution < 1.29 is 4.79 Å². The van der Waals surface area contributed by atoms with Gasteiger partial charge < -0.3 is 4.98 Å². The van der Waals surface area contributed by atoms with Gasteiger partial charge in [-0.3, -0.25) is 4.79 Å². The molecule has 0 radical (unpaired) electrons. The highest BCUT2D eigenvalue weighted by Crippen LogP contribution is 2.15. The predicted octanol–water partition coefficient (Wildman–Crippen LogP) is 2.51. The van der Waals surface area contributed by atoms with Gasteiger partial charge in [0.25, 0.3) is 5.91 Å². The molecule has 0 aliphatic carbocycles. The lowest BCUT2D eigenvalue weighted by Gasteiger charge is -2.03. The van der Waals surface area contributed by atoms with E-state index in [0.29, 0.717) is 5.69 Å². The fourth-order valence-electron chi connectivity index (χ4n) is 2.21. The van der Waals surface area contributed by atoms with Gasteiger partial charge in [0.05, 0.1) is 11.9 Å². The molecular formula is C19H16N4O2. The van der Waals surface area contributed by atoms with Crippen molar-refractivity contribution in [1.29, 1.82) is 0 Å². The Balaban J connectivity index is 1.77. The van der Waals surface area contributed by atoms with Gasteiger partial charge in [-0.2, -0.15) is 10.1 Å². The number of H-pyrrole nitrogens is 1. The van der Waals surface area contributed by atoms with Gasteiger partial charge in [-0.15, -0.1) is 0 Å². The maximum Gasteiger partial charge on any atom is 0.346 e. The number of rotatable bonds is 4. The molecule has 0 aliphatic rings. The lowest BCUT2D eigenvalue weighted by molar-refractivity contribution is 0.0949. The highest BCUT2D eigenvalue weighted by Gasteiger charge is 2.09. The van der Waals surface area contributed by atoms with Crippen molar-refractivity contribution in [2.24, 2.45) is 5.10 Å². The van der Waals surface area contributed by atoms with Crippen LogP contribution in [0.1, 0.15) is 21.6 Å². The highest BCUT2D eigenvalue weighted by atomic mass is 16.2. The van der Waals surface area contributed by atoms with Crippen LogP contribution in [0.2, 0.25) is 0 Å². The molecule has 25 heavy (non-hydrogen) atoms. The van der Waals surface area contributed by atoms with Gasteiger partial charge in [-0.05, 0) is 18.6 Å². The van der Waals surface area contributed by atoms with Crippen LogP contribution in [-0.4, -0.2) is 22.1 Å². The van der Waals surface area contributed by atoms with Gasteiger partial charge in [0.2, 0.25) is 0 Å². The Morgan fingerprint density at radius 3 is 2.56 bits per heavy atom. The number of hydrogen-bond donors (Lipinski definition) is 2. The first-order valence-electron chi connectivity index (χ1n) is 7.69. The molecule has 0 saturated carbocycles. The third-order valence-electron chi connectivity index (χ3n) is 3.52. The Morgan fingerprint density at radius 2 is 1.84 bits per heavy atom. The van der Waals surface area contributed by atoms with Gasteiger partial charge in [0.15, 0.2) is 0 Å². The summed E-state index contributed by atoms with van der Waals surface area (Å²) in [6.07, 6.45) is 1.54. The maximum atomic E-state index is 12.2. The van der Waals surface area contributed by atoms with Crippen LogP contribution in [0.3, 0.4) is 0 Å². The Kier molecular flexibility index (Phi) is 4.80. The number of carbonyl (C=O) groups excluding carboxylic acids is 1. The van der Waals surface area contributed by atoms with Gasteiger partial charge in [0.1, 0.15) is 5.69 Å². The van der Waals surface area contributed by atoms with Crippen molar-refractivity contribution in [3.63, 3.8) is 0 Å². The second kappa shape index (κ2) is 7.35. The van der Waals surface area contributed by atoms with E-state index in [0.717, 1.165) is 16.7 Å². The third kappa shape index (κ3) is 4.26. The molecule has 0 bridgehead atoms. The van der Waals surface area contributed by atoms with E-state index in [1.807, 2.05) is 61.5 Å². The molecule has 0 atom stereocenters. The zero-order valence-electron chi connectivity index (χ0n) is 13.6. The van der Waals surface area contributed by atoms with E-state index < -0.39 is 11.6 Å². The normalized spacial score (nSPS) is 10.8. The van der Waals surface area contributed by atoms with E-state index in [4.69, 9.17) is 0 Å². The van der Waals surface area contributed by atoms with E-state index >= 15 is 0 Å². The number of hydrogen-bond acceptors (Lipinski definition) is 4. The molecule has 6 nitrogen and oxygen atoms in total. The molecule has 2 N–H and O–H groups in total. The van der Waals surface area contributed by atoms with Crippen LogP contribution in [0.25, 0.3) is 11.3 Å². The first kappa shape index (κ1) is 16.3. The van der Waals surface area contributed by atoms with E-state index in [-0.39, 0.29) is 5.69 Å². The topological polar surface area (TPSA) is 87.2 Å². The summed E-state index contributed by atoms with van der Waals surface area (Å²) >= 11 is 0. The fraction of sp³-hybridized carbons (Fsp3) is 0.0526. The number of hydrazone groups is 1. The molecule has 1 heterocycles. The quantitative estimate of drug-likeness (QED) is 0.568. The van der Waals surface area contributed by atoms with Crippen molar-refractivity contribution >= 4 is 12.1 Å². The summed E-state index contributed by atoms with van der Waals surface area (Å²) in [6, 6.07) is 18.4. The molecular weight excluding hydrogens is 316 g/mol. The number of aryl methyl sites for hydroxylation is 1. The van der Waals surface area contributed by atoms with Crippen LogP contribution in [0, 0.1) is 6.92 Å². The van der Waals surface area contributed by atoms with Gasteiger partial charge >= 0.3 is 5.69 Å². The van der Waals surface area contributed by atoms with Crippen LogP contribution in [0.15, 0.2) is 70.6 Å². The number of benzene rings is 2. The van der Waals surface area contributed by atoms with Crippen molar-refractivity contribution in [2.75, 3.05) is 0 Å². The van der Waals surface area contributed by atoms with Crippen molar-refractivity contribution in [3.8, 4) is 11.3 Å². The second-order valence-electron chi connectivity index (χ2n) is 5.46. The molecule has 0 aliphatic heterocycles. The molecule has 1 aromatic heterocycles. The molecule has 3 aromatic rings. The molecule has 0 saturated heterocycles. The lowest BCUT2D eigenvalue weighted by atomic mass is 10.1. The highest BCUT2D eigenvalue weighted by molar-refractivity contribution is 5.93. The summed E-state index contributed by atoms with van der Waals surface area (Å²) in [5.74, 6) is -0.514. The zero-order valence-corrected chi connectivity index (χ0v) is 13.6. The van der Waals surface area contributed by atoms with Gasteiger partial charge in [0, 0.05) is 5.56 Å². The first-order valence-corrected chi connectivity index (χ1v) is 7.69. The van der Waals surface area contributed by atoms with Crippen molar-refractivity contribution in [1.82, 2.24) is 15.4 Å². The van der Waals surface area contributed by atoms with Crippen LogP contribution in [0.5, 0.6) is 0 Å². The van der Waals surface area contributed by atoms with E-state index in [1.165, 1.54) is 12.3 Å². The monoisotopic (exact) mass is 332 g/mol. The van der Waals surface area contributed by atoms with Crippen LogP contribution in [-0.2, 0) is 0 Å². The Bertz CT molecular complexity index is 961. The average molecular weight is 332 g/mol. The third-order valence-corrected chi connectivity index (χ3v) is 3.52. The largest absolute Gasteiger partial charge is 0.346 e. The number of aromatic amines is 1. The summed E-state index contributed by atoms with van der Waals surface area (Å²) in [5.41, 5.74) is 5.09. The van der Waals surface area contributed by atoms with Crippen LogP contribution < -0.4 is 11.1 Å². The second-order valence-corrected chi connectivity index (χ2v) is 5.46. The summed E-state index contributed by atoms with van der Waals surface area (Å²) < 4.78 is 0. The number of nitrogens with one attached hydrogen (secondary N) is 2. The Hall–Kier alpha value is -3.54. The predicted molar refractivity (Wildman–Crippen MR) is 96.5 cm³/mol. The lowest BCUT2D eigenvalue weighted by Crippen LogP contribution is -2.24. The minimum atomic E-state index is -0.589. The zero-order chi connectivity index (χ0) is 17.6. The molecule has 3 rings (SSSR count). The van der Waals surface area contributed by atoms with E-state index in [2.05, 4.69) is 20.5 Å². The first-order chi connectivity index (χ1) is 12.1.